The Labute approximate surface area is 49.7 Å². The van der Waals surface area contributed by atoms with Crippen molar-refractivity contribution in [2.75, 3.05) is 0 Å². The molecule has 41 valence electrons. The fourth-order valence-corrected chi connectivity index (χ4v) is 0. The van der Waals surface area contributed by atoms with Gasteiger partial charge in [-0.05, 0) is 0 Å². The Balaban J connectivity index is 0. The van der Waals surface area contributed by atoms with E-state index < -0.39 is 6.16 Å². The maximum absolute atomic E-state index is 9.02. The molecular formula is CH3AgNO3. The quantitative estimate of drug-likeness (QED) is 0.396. The third-order valence-corrected chi connectivity index (χ3v) is 0.101. The SMILES string of the molecule is NOC(=O)O.[Ag]. The summed E-state index contributed by atoms with van der Waals surface area (Å²) in [5, 5.41) is 7.38. The fraction of sp³-hybridized carbons (Fsp3) is 0. The maximum Gasteiger partial charge on any atom is 0.524 e. The Morgan fingerprint density at radius 1 is 1.83 bits per heavy atom. The van der Waals surface area contributed by atoms with Crippen LogP contribution in [0.5, 0.6) is 0 Å². The molecule has 0 aliphatic heterocycles. The summed E-state index contributed by atoms with van der Waals surface area (Å²) in [7, 11) is 0. The second-order valence-corrected chi connectivity index (χ2v) is 0.384. The van der Waals surface area contributed by atoms with E-state index in [1.807, 2.05) is 0 Å². The van der Waals surface area contributed by atoms with E-state index in [0.29, 0.717) is 0 Å². The predicted octanol–water partition coefficient (Wildman–Crippen LogP) is -0.448. The van der Waals surface area contributed by atoms with Crippen LogP contribution >= 0.6 is 0 Å². The van der Waals surface area contributed by atoms with Crippen molar-refractivity contribution in [3.63, 3.8) is 0 Å². The van der Waals surface area contributed by atoms with Gasteiger partial charge in [-0.25, -0.2) is 4.79 Å². The second-order valence-electron chi connectivity index (χ2n) is 0.384. The Morgan fingerprint density at radius 2 is 2.00 bits per heavy atom. The average molecular weight is 185 g/mol. The molecule has 0 rings (SSSR count). The molecule has 0 atom stereocenters. The van der Waals surface area contributed by atoms with Gasteiger partial charge in [-0.3, -0.25) is 0 Å². The minimum absolute atomic E-state index is 0. The number of carbonyl (C=O) groups is 1. The summed E-state index contributed by atoms with van der Waals surface area (Å²) < 4.78 is 0. The van der Waals surface area contributed by atoms with Gasteiger partial charge in [0.15, 0.2) is 0 Å². The number of hydrogen-bond donors (Lipinski definition) is 2. The summed E-state index contributed by atoms with van der Waals surface area (Å²) in [5.74, 6) is 4.07. The van der Waals surface area contributed by atoms with E-state index in [9.17, 15) is 0 Å². The molecular weight excluding hydrogens is 182 g/mol. The van der Waals surface area contributed by atoms with E-state index in [1.54, 1.807) is 0 Å². The topological polar surface area (TPSA) is 72.5 Å². The van der Waals surface area contributed by atoms with Crippen LogP contribution in [-0.4, -0.2) is 11.3 Å². The Kier molecular flexibility index (Phi) is 7.75. The van der Waals surface area contributed by atoms with E-state index in [1.165, 1.54) is 0 Å². The van der Waals surface area contributed by atoms with Crippen LogP contribution in [0.1, 0.15) is 0 Å². The molecule has 0 spiro atoms. The Bertz CT molecular complexity index is 46.1. The molecule has 0 heterocycles. The monoisotopic (exact) mass is 184 g/mol. The van der Waals surface area contributed by atoms with Crippen LogP contribution < -0.4 is 5.90 Å². The normalized spacial score (nSPS) is 5.50. The molecule has 0 unspecified atom stereocenters. The van der Waals surface area contributed by atoms with Gasteiger partial charge in [-0.15, -0.1) is 0 Å². The predicted molar refractivity (Wildman–Crippen MR) is 13.3 cm³/mol. The smallest absolute Gasteiger partial charge is 0.448 e. The molecule has 0 fully saturated rings. The summed E-state index contributed by atoms with van der Waals surface area (Å²) in [5.41, 5.74) is 0. The molecule has 4 nitrogen and oxygen atoms in total. The molecule has 0 aliphatic rings. The molecule has 0 bridgehead atoms. The molecule has 0 saturated carbocycles. The molecule has 0 aromatic heterocycles. The van der Waals surface area contributed by atoms with Crippen molar-refractivity contribution >= 4 is 6.16 Å². The van der Waals surface area contributed by atoms with Crippen molar-refractivity contribution < 1.29 is 37.1 Å². The number of rotatable bonds is 0. The summed E-state index contributed by atoms with van der Waals surface area (Å²) >= 11 is 0. The van der Waals surface area contributed by atoms with Crippen molar-refractivity contribution in [3.8, 4) is 0 Å². The molecule has 0 amide bonds. The van der Waals surface area contributed by atoms with Gasteiger partial charge in [-0.1, -0.05) is 0 Å². The van der Waals surface area contributed by atoms with Gasteiger partial charge in [0.2, 0.25) is 0 Å². The van der Waals surface area contributed by atoms with Crippen molar-refractivity contribution in [2.45, 2.75) is 0 Å². The van der Waals surface area contributed by atoms with Crippen molar-refractivity contribution in [2.24, 2.45) is 5.90 Å². The van der Waals surface area contributed by atoms with E-state index in [-0.39, 0.29) is 22.4 Å². The van der Waals surface area contributed by atoms with Gasteiger partial charge in [-0.2, -0.15) is 5.90 Å². The van der Waals surface area contributed by atoms with Gasteiger partial charge >= 0.3 is 6.16 Å². The van der Waals surface area contributed by atoms with Gasteiger partial charge in [0.25, 0.3) is 0 Å². The molecule has 3 N–H and O–H groups in total. The van der Waals surface area contributed by atoms with Crippen LogP contribution in [0.3, 0.4) is 0 Å². The van der Waals surface area contributed by atoms with Gasteiger partial charge < -0.3 is 9.94 Å². The first-order valence-corrected chi connectivity index (χ1v) is 0.868. The molecule has 0 aliphatic carbocycles. The molecule has 6 heavy (non-hydrogen) atoms. The molecule has 0 aromatic carbocycles. The van der Waals surface area contributed by atoms with Crippen LogP contribution in [0.2, 0.25) is 0 Å². The van der Waals surface area contributed by atoms with E-state index in [4.69, 9.17) is 9.90 Å². The van der Waals surface area contributed by atoms with Crippen LogP contribution in [0.15, 0.2) is 0 Å². The van der Waals surface area contributed by atoms with Gasteiger partial charge in [0, 0.05) is 22.4 Å². The van der Waals surface area contributed by atoms with E-state index in [2.05, 4.69) is 10.7 Å². The van der Waals surface area contributed by atoms with Gasteiger partial charge in [0.05, 0.1) is 0 Å². The van der Waals surface area contributed by atoms with Crippen molar-refractivity contribution in [3.05, 3.63) is 0 Å². The zero-order valence-corrected chi connectivity index (χ0v) is 4.12. The van der Waals surface area contributed by atoms with Crippen LogP contribution in [0.25, 0.3) is 0 Å². The fourth-order valence-electron chi connectivity index (χ4n) is 0. The Morgan fingerprint density at radius 3 is 2.00 bits per heavy atom. The third-order valence-electron chi connectivity index (χ3n) is 0.101. The molecule has 1 radical (unpaired) electrons. The van der Waals surface area contributed by atoms with E-state index in [0.717, 1.165) is 0 Å². The zero-order valence-electron chi connectivity index (χ0n) is 2.64. The number of hydrogen-bond acceptors (Lipinski definition) is 3. The van der Waals surface area contributed by atoms with Gasteiger partial charge in [0.1, 0.15) is 0 Å². The first kappa shape index (κ1) is 9.36. The first-order chi connectivity index (χ1) is 2.27. The Hall–Kier alpha value is -0.0297. The van der Waals surface area contributed by atoms with Crippen LogP contribution in [0, 0.1) is 0 Å². The van der Waals surface area contributed by atoms with Crippen LogP contribution in [0.4, 0.5) is 4.79 Å². The van der Waals surface area contributed by atoms with Crippen molar-refractivity contribution in [1.29, 1.82) is 0 Å². The molecule has 0 aromatic rings. The standard InChI is InChI=1S/CH3NO3.Ag/c2-5-1(3)4;/h2H2,(H,3,4);. The summed E-state index contributed by atoms with van der Waals surface area (Å²) in [6.45, 7) is 0. The summed E-state index contributed by atoms with van der Waals surface area (Å²) in [4.78, 5) is 12.2. The zero-order chi connectivity index (χ0) is 4.28. The number of nitrogens with two attached hydrogens (primary N) is 1. The minimum Gasteiger partial charge on any atom is -0.448 e. The van der Waals surface area contributed by atoms with Crippen molar-refractivity contribution in [1.82, 2.24) is 0 Å². The average Bonchev–Trinajstić information content (AvgIpc) is 1.38. The largest absolute Gasteiger partial charge is 0.524 e. The number of carboxylic acid groups (broad SMARTS) is 1. The summed E-state index contributed by atoms with van der Waals surface area (Å²) in [6.07, 6.45) is -1.47. The first-order valence-electron chi connectivity index (χ1n) is 0.868. The minimum atomic E-state index is -1.47. The second kappa shape index (κ2) is 4.97. The molecule has 0 saturated heterocycles. The van der Waals surface area contributed by atoms with E-state index >= 15 is 0 Å². The maximum atomic E-state index is 9.02. The third kappa shape index (κ3) is 9.02. The molecule has 5 heteroatoms. The van der Waals surface area contributed by atoms with Crippen LogP contribution in [-0.2, 0) is 27.2 Å². The summed E-state index contributed by atoms with van der Waals surface area (Å²) in [6, 6.07) is 0.